The molecule has 0 spiro atoms. The van der Waals surface area contributed by atoms with E-state index in [1.165, 1.54) is 16.7 Å². The van der Waals surface area contributed by atoms with E-state index in [1.807, 2.05) is 41.2 Å². The van der Waals surface area contributed by atoms with Gasteiger partial charge in [-0.15, -0.1) is 35.7 Å². The number of ether oxygens (including phenoxy) is 1. The van der Waals surface area contributed by atoms with E-state index in [-0.39, 0.29) is 20.4 Å². The van der Waals surface area contributed by atoms with Crippen LogP contribution < -0.4 is 4.74 Å². The molecule has 0 aliphatic rings. The van der Waals surface area contributed by atoms with Gasteiger partial charge in [0.25, 0.3) is 0 Å². The zero-order valence-electron chi connectivity index (χ0n) is 30.4. The molecule has 0 saturated carbocycles. The van der Waals surface area contributed by atoms with Crippen LogP contribution in [0.3, 0.4) is 0 Å². The van der Waals surface area contributed by atoms with Gasteiger partial charge in [-0.3, -0.25) is 4.68 Å². The summed E-state index contributed by atoms with van der Waals surface area (Å²) in [7, 11) is 0. The van der Waals surface area contributed by atoms with Gasteiger partial charge < -0.3 is 9.30 Å². The maximum Gasteiger partial charge on any atom is 2.00 e. The van der Waals surface area contributed by atoms with Crippen molar-refractivity contribution in [2.24, 2.45) is 0 Å². The number of hydrogen-bond acceptors (Lipinski definition) is 3. The second-order valence-electron chi connectivity index (χ2n) is 13.6. The van der Waals surface area contributed by atoms with Crippen LogP contribution in [0, 0.1) is 39.8 Å². The molecule has 0 radical (unpaired) electrons. The van der Waals surface area contributed by atoms with Crippen LogP contribution >= 0.6 is 0 Å². The molecule has 0 saturated heterocycles. The van der Waals surface area contributed by atoms with Crippen molar-refractivity contribution in [1.29, 1.82) is 0 Å². The number of hydrogen-bond donors (Lipinski definition) is 0. The van der Waals surface area contributed by atoms with Crippen molar-refractivity contribution in [3.8, 4) is 56.6 Å². The van der Waals surface area contributed by atoms with E-state index in [4.69, 9.17) is 14.8 Å². The molecule has 0 atom stereocenters. The molecule has 5 nitrogen and oxygen atoms in total. The molecule has 0 N–H and O–H groups in total. The Balaban J connectivity index is 0.00000413. The number of fused-ring (bicyclic) bond motifs is 3. The number of nitrogens with zero attached hydrogens (tertiary/aromatic N) is 4. The smallest absolute Gasteiger partial charge is 0.509 e. The summed E-state index contributed by atoms with van der Waals surface area (Å²) in [6, 6.07) is 55.3. The van der Waals surface area contributed by atoms with Crippen molar-refractivity contribution in [3.63, 3.8) is 0 Å². The summed E-state index contributed by atoms with van der Waals surface area (Å²) < 4.78 is 10.8. The first-order chi connectivity index (χ1) is 25.9. The van der Waals surface area contributed by atoms with Gasteiger partial charge in [-0.25, -0.2) is 4.98 Å². The number of aryl methyl sites for hydroxylation is 4. The molecule has 0 aliphatic carbocycles. The first kappa shape index (κ1) is 35.0. The van der Waals surface area contributed by atoms with Gasteiger partial charge in [0.15, 0.2) is 0 Å². The maximum absolute atomic E-state index is 6.64. The summed E-state index contributed by atoms with van der Waals surface area (Å²) in [5.41, 5.74) is 13.6. The summed E-state index contributed by atoms with van der Waals surface area (Å²) in [5, 5.41) is 7.63. The topological polar surface area (TPSA) is 44.9 Å². The monoisotopic (exact) mass is 790 g/mol. The molecular formula is C48H36N4OPd. The average molecular weight is 791 g/mol. The predicted molar refractivity (Wildman–Crippen MR) is 215 cm³/mol. The Morgan fingerprint density at radius 2 is 1.28 bits per heavy atom. The second kappa shape index (κ2) is 14.4. The van der Waals surface area contributed by atoms with Gasteiger partial charge in [0.1, 0.15) is 11.5 Å². The fourth-order valence-corrected chi connectivity index (χ4v) is 7.46. The van der Waals surface area contributed by atoms with Crippen LogP contribution in [0.2, 0.25) is 0 Å². The molecule has 6 heteroatoms. The normalized spacial score (nSPS) is 11.2. The van der Waals surface area contributed by atoms with Gasteiger partial charge in [0.05, 0.1) is 5.69 Å². The molecule has 0 fully saturated rings. The zero-order valence-corrected chi connectivity index (χ0v) is 31.9. The fraction of sp³-hybridized carbons (Fsp3) is 0.0833. The van der Waals surface area contributed by atoms with E-state index in [9.17, 15) is 0 Å². The van der Waals surface area contributed by atoms with E-state index < -0.39 is 0 Å². The molecule has 54 heavy (non-hydrogen) atoms. The van der Waals surface area contributed by atoms with Crippen molar-refractivity contribution in [3.05, 3.63) is 180 Å². The number of para-hydroxylation sites is 1. The van der Waals surface area contributed by atoms with Crippen LogP contribution in [-0.4, -0.2) is 19.3 Å². The average Bonchev–Trinajstić information content (AvgIpc) is 3.72. The summed E-state index contributed by atoms with van der Waals surface area (Å²) in [6.07, 6.45) is 1.85. The summed E-state index contributed by atoms with van der Waals surface area (Å²) in [6.45, 7) is 8.51. The third-order valence-electron chi connectivity index (χ3n) is 9.82. The number of pyridine rings is 1. The molecule has 9 aromatic rings. The standard InChI is InChI=1S/C48H36N4O.Pd/c1-31-24-25-49-44(28-31)51-42-21-12-11-20-40(42)41-23-22-38(30-43(41)51)53-39-27-32(2)26-37(29-39)52-48(36-18-9-6-10-19-36)46(45-33(3)14-13-15-34(45)4)47(50-52)35-16-7-5-8-17-35;/h5-28H,1-4H3;/q-2;+2. The number of aromatic nitrogens is 4. The van der Waals surface area contributed by atoms with Crippen LogP contribution in [-0.2, 0) is 20.4 Å². The van der Waals surface area contributed by atoms with E-state index in [0.717, 1.165) is 72.5 Å². The van der Waals surface area contributed by atoms with Crippen LogP contribution in [0.4, 0.5) is 0 Å². The largest absolute Gasteiger partial charge is 2.00 e. The molecule has 3 aromatic heterocycles. The van der Waals surface area contributed by atoms with Gasteiger partial charge in [0, 0.05) is 39.9 Å². The van der Waals surface area contributed by atoms with Gasteiger partial charge in [-0.05, 0) is 72.3 Å². The van der Waals surface area contributed by atoms with Gasteiger partial charge in [0.2, 0.25) is 0 Å². The van der Waals surface area contributed by atoms with Crippen molar-refractivity contribution in [2.45, 2.75) is 27.7 Å². The number of benzene rings is 6. The minimum atomic E-state index is 0. The van der Waals surface area contributed by atoms with E-state index in [1.54, 1.807) is 0 Å². The summed E-state index contributed by atoms with van der Waals surface area (Å²) >= 11 is 0. The Morgan fingerprint density at radius 1 is 0.574 bits per heavy atom. The minimum absolute atomic E-state index is 0. The zero-order chi connectivity index (χ0) is 36.1. The van der Waals surface area contributed by atoms with Gasteiger partial charge >= 0.3 is 20.4 Å². The third-order valence-corrected chi connectivity index (χ3v) is 9.82. The van der Waals surface area contributed by atoms with Crippen LogP contribution in [0.25, 0.3) is 67.0 Å². The van der Waals surface area contributed by atoms with Crippen LogP contribution in [0.5, 0.6) is 11.5 Å². The van der Waals surface area contributed by atoms with Crippen molar-refractivity contribution in [1.82, 2.24) is 19.3 Å². The SMILES string of the molecule is Cc1cc(Oc2[c-]c3c(cc2)c2ccccc2n3-c2cc(C)ccn2)[c-]c(-n2nc(-c3ccccc3)c(-c3c(C)cccc3C)c2-c2ccccc2)c1.[Pd+2]. The maximum atomic E-state index is 6.64. The summed E-state index contributed by atoms with van der Waals surface area (Å²) in [4.78, 5) is 4.74. The van der Waals surface area contributed by atoms with Gasteiger partial charge in [-0.1, -0.05) is 110 Å². The molecule has 0 unspecified atom stereocenters. The first-order valence-electron chi connectivity index (χ1n) is 17.8. The molecule has 0 amide bonds. The summed E-state index contributed by atoms with van der Waals surface area (Å²) in [5.74, 6) is 2.01. The molecule has 3 heterocycles. The quantitative estimate of drug-likeness (QED) is 0.119. The molecule has 9 rings (SSSR count). The van der Waals surface area contributed by atoms with Crippen molar-refractivity contribution < 1.29 is 25.2 Å². The Morgan fingerprint density at radius 3 is 2.02 bits per heavy atom. The van der Waals surface area contributed by atoms with Crippen LogP contribution in [0.15, 0.2) is 146 Å². The fourth-order valence-electron chi connectivity index (χ4n) is 7.46. The van der Waals surface area contributed by atoms with Crippen molar-refractivity contribution >= 4 is 21.8 Å². The Labute approximate surface area is 329 Å². The molecule has 0 aliphatic heterocycles. The van der Waals surface area contributed by atoms with Gasteiger partial charge in [-0.2, -0.15) is 16.7 Å². The first-order valence-corrected chi connectivity index (χ1v) is 17.8. The molecule has 0 bridgehead atoms. The Kier molecular flexibility index (Phi) is 9.33. The number of rotatable bonds is 7. The second-order valence-corrected chi connectivity index (χ2v) is 13.6. The molecule has 264 valence electrons. The minimum Gasteiger partial charge on any atom is -0.509 e. The predicted octanol–water partition coefficient (Wildman–Crippen LogP) is 12.0. The van der Waals surface area contributed by atoms with E-state index >= 15 is 0 Å². The molecular weight excluding hydrogens is 755 g/mol. The van der Waals surface area contributed by atoms with E-state index in [0.29, 0.717) is 11.5 Å². The van der Waals surface area contributed by atoms with Crippen molar-refractivity contribution in [2.75, 3.05) is 0 Å². The third kappa shape index (κ3) is 6.24. The Hall–Kier alpha value is -6.06. The van der Waals surface area contributed by atoms with Crippen LogP contribution in [0.1, 0.15) is 22.3 Å². The Bertz CT molecular complexity index is 2780. The molecule has 6 aromatic carbocycles. The van der Waals surface area contributed by atoms with E-state index in [2.05, 4.69) is 154 Å².